The second-order valence-electron chi connectivity index (χ2n) is 1.77. The average molecular weight is 142 g/mol. The highest BCUT2D eigenvalue weighted by Gasteiger charge is 1.82. The first-order chi connectivity index (χ1) is 4.41. The van der Waals surface area contributed by atoms with Crippen LogP contribution >= 0.6 is 11.8 Å². The van der Waals surface area contributed by atoms with Crippen LogP contribution in [0.2, 0.25) is 0 Å². The molecule has 0 aliphatic heterocycles. The Bertz CT molecular complexity index is 66.6. The highest BCUT2D eigenvalue weighted by atomic mass is 32.2. The van der Waals surface area contributed by atoms with E-state index in [2.05, 4.69) is 13.2 Å². The molecule has 0 saturated heterocycles. The van der Waals surface area contributed by atoms with Crippen LogP contribution in [0.15, 0.2) is 25.3 Å². The van der Waals surface area contributed by atoms with E-state index in [1.807, 2.05) is 23.9 Å². The van der Waals surface area contributed by atoms with Gasteiger partial charge in [-0.05, 0) is 24.3 Å². The third-order valence-corrected chi connectivity index (χ3v) is 1.98. The molecule has 0 nitrogen and oxygen atoms in total. The van der Waals surface area contributed by atoms with Gasteiger partial charge in [0.2, 0.25) is 0 Å². The summed E-state index contributed by atoms with van der Waals surface area (Å²) in [4.78, 5) is 0. The summed E-state index contributed by atoms with van der Waals surface area (Å²) in [6, 6.07) is 0. The van der Waals surface area contributed by atoms with E-state index < -0.39 is 0 Å². The van der Waals surface area contributed by atoms with Gasteiger partial charge < -0.3 is 0 Å². The summed E-state index contributed by atoms with van der Waals surface area (Å²) in [5.41, 5.74) is 0. The molecule has 0 aromatic rings. The SMILES string of the molecule is C=CCCSCCC=C. The van der Waals surface area contributed by atoms with Crippen molar-refractivity contribution in [2.24, 2.45) is 0 Å². The zero-order valence-electron chi connectivity index (χ0n) is 5.81. The van der Waals surface area contributed by atoms with Gasteiger partial charge in [-0.2, -0.15) is 11.8 Å². The van der Waals surface area contributed by atoms with Crippen LogP contribution in [-0.4, -0.2) is 11.5 Å². The Hall–Kier alpha value is -0.170. The molecule has 0 atom stereocenters. The van der Waals surface area contributed by atoms with Crippen molar-refractivity contribution >= 4 is 11.8 Å². The molecule has 0 amide bonds. The number of rotatable bonds is 6. The summed E-state index contributed by atoms with van der Waals surface area (Å²) in [5, 5.41) is 0. The Morgan fingerprint density at radius 2 is 1.44 bits per heavy atom. The summed E-state index contributed by atoms with van der Waals surface area (Å²) in [5.74, 6) is 2.41. The van der Waals surface area contributed by atoms with Gasteiger partial charge in [0.15, 0.2) is 0 Å². The fourth-order valence-corrected chi connectivity index (χ4v) is 1.31. The van der Waals surface area contributed by atoms with Crippen LogP contribution in [0, 0.1) is 0 Å². The number of hydrogen-bond acceptors (Lipinski definition) is 1. The second-order valence-corrected chi connectivity index (χ2v) is 2.99. The summed E-state index contributed by atoms with van der Waals surface area (Å²) >= 11 is 1.96. The normalized spacial score (nSPS) is 8.89. The smallest absolute Gasteiger partial charge is 0.00329 e. The highest BCUT2D eigenvalue weighted by Crippen LogP contribution is 2.04. The molecule has 0 aromatic carbocycles. The minimum atomic E-state index is 1.13. The van der Waals surface area contributed by atoms with E-state index >= 15 is 0 Å². The minimum Gasteiger partial charge on any atom is -0.161 e. The van der Waals surface area contributed by atoms with E-state index in [9.17, 15) is 0 Å². The first kappa shape index (κ1) is 8.83. The van der Waals surface area contributed by atoms with Crippen LogP contribution < -0.4 is 0 Å². The number of allylic oxidation sites excluding steroid dienone is 2. The van der Waals surface area contributed by atoms with Gasteiger partial charge in [-0.25, -0.2) is 0 Å². The van der Waals surface area contributed by atoms with Crippen LogP contribution in [0.1, 0.15) is 12.8 Å². The molecule has 0 aliphatic carbocycles. The monoisotopic (exact) mass is 142 g/mol. The zero-order valence-corrected chi connectivity index (χ0v) is 6.62. The minimum absolute atomic E-state index is 1.13. The molecule has 0 aliphatic rings. The van der Waals surface area contributed by atoms with Crippen LogP contribution in [0.25, 0.3) is 0 Å². The molecule has 0 saturated carbocycles. The summed E-state index contributed by atoms with van der Waals surface area (Å²) in [7, 11) is 0. The van der Waals surface area contributed by atoms with E-state index in [1.165, 1.54) is 11.5 Å². The van der Waals surface area contributed by atoms with Crippen molar-refractivity contribution in [3.05, 3.63) is 25.3 Å². The Kier molecular flexibility index (Phi) is 7.68. The maximum atomic E-state index is 3.64. The third kappa shape index (κ3) is 7.83. The van der Waals surface area contributed by atoms with Crippen molar-refractivity contribution in [2.45, 2.75) is 12.8 Å². The Morgan fingerprint density at radius 3 is 1.78 bits per heavy atom. The molecule has 1 heteroatoms. The van der Waals surface area contributed by atoms with Gasteiger partial charge in [-0.15, -0.1) is 13.2 Å². The predicted molar refractivity (Wildman–Crippen MR) is 47.0 cm³/mol. The molecule has 0 heterocycles. The number of thioether (sulfide) groups is 1. The van der Waals surface area contributed by atoms with Gasteiger partial charge >= 0.3 is 0 Å². The highest BCUT2D eigenvalue weighted by molar-refractivity contribution is 7.99. The van der Waals surface area contributed by atoms with Crippen molar-refractivity contribution in [1.82, 2.24) is 0 Å². The fourth-order valence-electron chi connectivity index (χ4n) is 0.435. The maximum absolute atomic E-state index is 3.64. The van der Waals surface area contributed by atoms with Gasteiger partial charge in [0.1, 0.15) is 0 Å². The van der Waals surface area contributed by atoms with E-state index in [-0.39, 0.29) is 0 Å². The molecular weight excluding hydrogens is 128 g/mol. The van der Waals surface area contributed by atoms with E-state index in [0.29, 0.717) is 0 Å². The maximum Gasteiger partial charge on any atom is -0.00329 e. The molecule has 0 bridgehead atoms. The van der Waals surface area contributed by atoms with Crippen molar-refractivity contribution in [3.63, 3.8) is 0 Å². The van der Waals surface area contributed by atoms with Crippen molar-refractivity contribution < 1.29 is 0 Å². The molecule has 0 N–H and O–H groups in total. The Morgan fingerprint density at radius 1 is 1.00 bits per heavy atom. The fraction of sp³-hybridized carbons (Fsp3) is 0.500. The molecule has 9 heavy (non-hydrogen) atoms. The summed E-state index contributed by atoms with van der Waals surface area (Å²) in [6.45, 7) is 7.29. The van der Waals surface area contributed by atoms with Gasteiger partial charge in [-0.1, -0.05) is 12.2 Å². The lowest BCUT2D eigenvalue weighted by Gasteiger charge is -1.93. The molecular formula is C8H14S. The Labute approximate surface area is 62.0 Å². The quantitative estimate of drug-likeness (QED) is 0.406. The van der Waals surface area contributed by atoms with Gasteiger partial charge in [0.25, 0.3) is 0 Å². The van der Waals surface area contributed by atoms with Crippen LogP contribution in [0.3, 0.4) is 0 Å². The third-order valence-electron chi connectivity index (χ3n) is 0.933. The molecule has 0 fully saturated rings. The molecule has 0 radical (unpaired) electrons. The molecule has 0 unspecified atom stereocenters. The van der Waals surface area contributed by atoms with Gasteiger partial charge in [-0.3, -0.25) is 0 Å². The molecule has 52 valence electrons. The molecule has 0 aromatic heterocycles. The van der Waals surface area contributed by atoms with E-state index in [4.69, 9.17) is 0 Å². The lowest BCUT2D eigenvalue weighted by atomic mass is 10.5. The van der Waals surface area contributed by atoms with Gasteiger partial charge in [0.05, 0.1) is 0 Å². The zero-order chi connectivity index (χ0) is 6.95. The lowest BCUT2D eigenvalue weighted by Crippen LogP contribution is -1.78. The van der Waals surface area contributed by atoms with Crippen molar-refractivity contribution in [1.29, 1.82) is 0 Å². The van der Waals surface area contributed by atoms with E-state index in [1.54, 1.807) is 0 Å². The topological polar surface area (TPSA) is 0 Å². The molecule has 0 spiro atoms. The van der Waals surface area contributed by atoms with E-state index in [0.717, 1.165) is 12.8 Å². The van der Waals surface area contributed by atoms with Crippen LogP contribution in [0.5, 0.6) is 0 Å². The average Bonchev–Trinajstić information content (AvgIpc) is 1.89. The standard InChI is InChI=1S/C8H14S/c1-3-5-7-9-8-6-4-2/h3-4H,1-2,5-8H2. The van der Waals surface area contributed by atoms with Crippen molar-refractivity contribution in [2.75, 3.05) is 11.5 Å². The number of hydrogen-bond donors (Lipinski definition) is 0. The van der Waals surface area contributed by atoms with Crippen molar-refractivity contribution in [3.8, 4) is 0 Å². The first-order valence-corrected chi connectivity index (χ1v) is 4.37. The molecule has 0 rings (SSSR count). The van der Waals surface area contributed by atoms with Crippen LogP contribution in [0.4, 0.5) is 0 Å². The van der Waals surface area contributed by atoms with Gasteiger partial charge in [0, 0.05) is 0 Å². The second kappa shape index (κ2) is 7.83. The predicted octanol–water partition coefficient (Wildman–Crippen LogP) is 2.87. The summed E-state index contributed by atoms with van der Waals surface area (Å²) < 4.78 is 0. The Balaban J connectivity index is 2.74. The summed E-state index contributed by atoms with van der Waals surface area (Å²) in [6.07, 6.45) is 6.17. The first-order valence-electron chi connectivity index (χ1n) is 3.21. The van der Waals surface area contributed by atoms with Crippen LogP contribution in [-0.2, 0) is 0 Å². The largest absolute Gasteiger partial charge is 0.161 e. The lowest BCUT2D eigenvalue weighted by molar-refractivity contribution is 1.21.